The minimum absolute atomic E-state index is 0.148. The number of phosphoric ester groups is 4. The molecule has 4 aromatic rings. The lowest BCUT2D eigenvalue weighted by atomic mass is 9.89. The van der Waals surface area contributed by atoms with Gasteiger partial charge in [0.2, 0.25) is 0 Å². The molecule has 0 aliphatic carbocycles. The molecule has 3 saturated heterocycles. The zero-order valence-corrected chi connectivity index (χ0v) is 50.5. The van der Waals surface area contributed by atoms with Gasteiger partial charge in [-0.25, -0.2) is 33.2 Å². The lowest BCUT2D eigenvalue weighted by Gasteiger charge is -2.31. The van der Waals surface area contributed by atoms with Gasteiger partial charge >= 0.3 is 31.3 Å². The molecule has 19 unspecified atom stereocenters. The largest absolute Gasteiger partial charge is 0.472 e. The fourth-order valence-electron chi connectivity index (χ4n) is 12.7. The highest BCUT2D eigenvalue weighted by Crippen LogP contribution is 2.53. The topological polar surface area (TPSA) is 444 Å². The summed E-state index contributed by atoms with van der Waals surface area (Å²) in [6.07, 6.45) is 2.53. The molecule has 19 atom stereocenters. The molecule has 9 heterocycles. The maximum Gasteiger partial charge on any atom is 0.472 e. The molecule has 32 nitrogen and oxygen atoms in total. The lowest BCUT2D eigenvalue weighted by Crippen LogP contribution is -2.47. The van der Waals surface area contributed by atoms with Gasteiger partial charge in [0.25, 0.3) is 0 Å². The molecule has 476 valence electrons. The second-order valence-electron chi connectivity index (χ2n) is 22.6. The summed E-state index contributed by atoms with van der Waals surface area (Å²) >= 11 is 0. The van der Waals surface area contributed by atoms with Crippen LogP contribution in [-0.2, 0) is 70.6 Å². The highest BCUT2D eigenvalue weighted by molar-refractivity contribution is 7.48. The molecule has 0 aromatic heterocycles. The number of nitrogens with two attached hydrogens (primary N) is 3. The van der Waals surface area contributed by atoms with E-state index in [0.717, 1.165) is 37.9 Å². The first-order valence-electron chi connectivity index (χ1n) is 28.4. The zero-order chi connectivity index (χ0) is 62.1. The van der Waals surface area contributed by atoms with Crippen LogP contribution in [0, 0.1) is 5.92 Å². The second-order valence-corrected chi connectivity index (χ2v) is 28.0. The summed E-state index contributed by atoms with van der Waals surface area (Å²) in [5, 5.41) is 16.9. The Morgan fingerprint density at radius 3 is 1.37 bits per heavy atom. The molecule has 0 spiro atoms. The quantitative estimate of drug-likeness (QED) is 0.0359. The van der Waals surface area contributed by atoms with Crippen molar-refractivity contribution in [2.24, 2.45) is 53.1 Å². The summed E-state index contributed by atoms with van der Waals surface area (Å²) in [6.45, 7) is -3.14. The molecule has 89 heavy (non-hydrogen) atoms. The van der Waals surface area contributed by atoms with Crippen molar-refractivity contribution in [3.05, 3.63) is 97.0 Å². The number of phosphoric acid groups is 4. The molecule has 36 heteroatoms. The van der Waals surface area contributed by atoms with Gasteiger partial charge in [-0.2, -0.15) is 0 Å². The normalized spacial score (nSPS) is 33.7. The molecule has 13 rings (SSSR count). The number of aliphatic imine (C=N–C) groups is 6. The van der Waals surface area contributed by atoms with Gasteiger partial charge in [0, 0.05) is 50.4 Å². The van der Waals surface area contributed by atoms with Gasteiger partial charge in [-0.05, 0) is 62.5 Å². The number of benzene rings is 4. The SMILES string of the molecule is NC1=NC=CC2C1N=CN2C1CC(OP(=O)(O)O)C(COP(=O)(O)OC2CC(N3C=NC4C(N)=NC=CC43)OC2COP(=O)(O)OC2CC(N3C=NC4C(N)=NC=CC43)OC2COP(=O)(O)OCC(CO)Cc2ccc3ccc4cccc5ccc2c3c45)O1. The number of hydrogen-bond acceptors (Lipinski definition) is 27. The van der Waals surface area contributed by atoms with E-state index in [2.05, 4.69) is 42.1 Å². The van der Waals surface area contributed by atoms with Crippen molar-refractivity contribution >= 4 is 100 Å². The molecular weight excluding hydrogens is 1250 g/mol. The Kier molecular flexibility index (Phi) is 17.2. The Balaban J connectivity index is 0.681. The van der Waals surface area contributed by atoms with Crippen LogP contribution in [0.15, 0.2) is 121 Å². The molecule has 0 radical (unpaired) electrons. The monoisotopic (exact) mass is 1310 g/mol. The minimum Gasteiger partial charge on any atom is -0.396 e. The molecule has 4 aromatic carbocycles. The van der Waals surface area contributed by atoms with E-state index in [1.807, 2.05) is 42.5 Å². The second kappa shape index (κ2) is 24.7. The van der Waals surface area contributed by atoms with E-state index in [9.17, 15) is 47.8 Å². The van der Waals surface area contributed by atoms with Gasteiger partial charge in [0.15, 0.2) is 0 Å². The van der Waals surface area contributed by atoms with Crippen LogP contribution in [0.1, 0.15) is 24.8 Å². The zero-order valence-electron chi connectivity index (χ0n) is 46.9. The van der Waals surface area contributed by atoms with Crippen molar-refractivity contribution in [3.63, 3.8) is 0 Å². The van der Waals surface area contributed by atoms with E-state index < -0.39 is 162 Å². The van der Waals surface area contributed by atoms with Gasteiger partial charge in [0.1, 0.15) is 90.9 Å². The number of aliphatic hydroxyl groups is 1. The number of fused-ring (bicyclic) bond motifs is 3. The molecular formula is C53H64N12O20P4. The van der Waals surface area contributed by atoms with Crippen LogP contribution < -0.4 is 17.2 Å². The number of ether oxygens (including phenoxy) is 3. The molecule has 12 N–H and O–H groups in total. The highest BCUT2D eigenvalue weighted by Gasteiger charge is 2.52. The average molecular weight is 1310 g/mol. The molecule has 9 aliphatic heterocycles. The molecule has 0 saturated carbocycles. The predicted octanol–water partition coefficient (Wildman–Crippen LogP) is 2.59. The summed E-state index contributed by atoms with van der Waals surface area (Å²) < 4.78 is 112. The molecule has 0 amide bonds. The van der Waals surface area contributed by atoms with Crippen LogP contribution in [0.4, 0.5) is 0 Å². The summed E-state index contributed by atoms with van der Waals surface area (Å²) in [4.78, 5) is 84.3. The van der Waals surface area contributed by atoms with Crippen LogP contribution in [-0.4, -0.2) is 205 Å². The first kappa shape index (κ1) is 62.1. The van der Waals surface area contributed by atoms with Crippen LogP contribution in [0.25, 0.3) is 32.3 Å². The number of nitrogens with zero attached hydrogens (tertiary/aromatic N) is 9. The summed E-state index contributed by atoms with van der Waals surface area (Å²) in [6, 6.07) is 15.0. The third-order valence-electron chi connectivity index (χ3n) is 16.9. The van der Waals surface area contributed by atoms with E-state index >= 15 is 0 Å². The van der Waals surface area contributed by atoms with E-state index in [-0.39, 0.29) is 43.2 Å². The fraction of sp³-hybridized carbons (Fsp3) is 0.472. The van der Waals surface area contributed by atoms with Crippen molar-refractivity contribution in [2.45, 2.75) is 117 Å². The van der Waals surface area contributed by atoms with Crippen molar-refractivity contribution in [1.29, 1.82) is 0 Å². The molecule has 0 bridgehead atoms. The minimum atomic E-state index is -5.27. The van der Waals surface area contributed by atoms with Gasteiger partial charge in [-0.3, -0.25) is 46.6 Å². The fourth-order valence-corrected chi connectivity index (χ4v) is 16.0. The van der Waals surface area contributed by atoms with Crippen molar-refractivity contribution in [3.8, 4) is 0 Å². The smallest absolute Gasteiger partial charge is 0.396 e. The van der Waals surface area contributed by atoms with Crippen LogP contribution in [0.3, 0.4) is 0 Å². The number of rotatable bonds is 24. The van der Waals surface area contributed by atoms with Crippen molar-refractivity contribution < 1.29 is 93.7 Å². The van der Waals surface area contributed by atoms with Crippen LogP contribution >= 0.6 is 31.3 Å². The highest BCUT2D eigenvalue weighted by atomic mass is 31.2. The van der Waals surface area contributed by atoms with E-state index in [1.165, 1.54) is 37.6 Å². The predicted molar refractivity (Wildman–Crippen MR) is 320 cm³/mol. The average Bonchev–Trinajstić information content (AvgIpc) is 1.83. The van der Waals surface area contributed by atoms with Crippen molar-refractivity contribution in [1.82, 2.24) is 14.7 Å². The number of amidine groups is 3. The Morgan fingerprint density at radius 2 is 0.933 bits per heavy atom. The first-order chi connectivity index (χ1) is 42.6. The maximum absolute atomic E-state index is 14.2. The lowest BCUT2D eigenvalue weighted by molar-refractivity contribution is -0.0722. The Labute approximate surface area is 507 Å². The van der Waals surface area contributed by atoms with Gasteiger partial charge < -0.3 is 75.7 Å². The standard InChI is InChI=1S/C53H64N12O20P4/c54-51-48-34(10-13-57-51)63(25-60-48)43-17-37(83-86(67,68)69)40(80-43)23-78-88(72,73)85-39-19-45(65-27-62-50-36(65)12-15-59-53(50)56)82-42(39)24-79-89(74,75)84-38-18-44(64-26-61-49-35(64)11-14-58-52(49)55)81-41(38)22-77-87(70,71)76-21-28(20-66)16-32-7-6-31-5-4-29-2-1-3-30-8-9-33(32)47(31)46(29)30/h1-15,25-28,34-45,48-50,66H,16-24H2,(H2,54,57)(H2,55,58)(H2,56,59)(H,70,71)(H,72,73)(H,74,75)(H2,67,68,69). The summed E-state index contributed by atoms with van der Waals surface area (Å²) in [5.74, 6) is 0.0160. The van der Waals surface area contributed by atoms with Crippen molar-refractivity contribution in [2.75, 3.05) is 33.0 Å². The Bertz CT molecular complexity index is 3840. The van der Waals surface area contributed by atoms with Gasteiger partial charge in [0.05, 0.1) is 63.6 Å². The van der Waals surface area contributed by atoms with Gasteiger partial charge in [-0.1, -0.05) is 54.6 Å². The molecule has 3 fully saturated rings. The third-order valence-corrected chi connectivity index (χ3v) is 20.4. The summed E-state index contributed by atoms with van der Waals surface area (Å²) in [5.41, 5.74) is 19.3. The third kappa shape index (κ3) is 13.1. The van der Waals surface area contributed by atoms with Crippen LogP contribution in [0.2, 0.25) is 0 Å². The maximum atomic E-state index is 14.2. The number of aliphatic hydroxyl groups excluding tert-OH is 1. The molecule has 9 aliphatic rings. The number of hydrogen-bond donors (Lipinski definition) is 9. The summed E-state index contributed by atoms with van der Waals surface area (Å²) in [7, 11) is -20.6. The van der Waals surface area contributed by atoms with E-state index in [1.54, 1.807) is 32.9 Å². The Hall–Kier alpha value is -5.76. The van der Waals surface area contributed by atoms with Gasteiger partial charge in [-0.15, -0.1) is 0 Å². The first-order valence-corrected chi connectivity index (χ1v) is 34.4. The Morgan fingerprint density at radius 1 is 0.528 bits per heavy atom. The van der Waals surface area contributed by atoms with E-state index in [0.29, 0.717) is 0 Å². The van der Waals surface area contributed by atoms with Crippen LogP contribution in [0.5, 0.6) is 0 Å². The van der Waals surface area contributed by atoms with E-state index in [4.69, 9.17) is 63.1 Å².